The summed E-state index contributed by atoms with van der Waals surface area (Å²) in [7, 11) is 0. The normalized spacial score (nSPS) is 13.7. The van der Waals surface area contributed by atoms with E-state index < -0.39 is 18.4 Å². The van der Waals surface area contributed by atoms with Crippen LogP contribution in [0.4, 0.5) is 4.79 Å². The smallest absolute Gasteiger partial charge is 0.422 e. The Morgan fingerprint density at radius 2 is 1.72 bits per heavy atom. The van der Waals surface area contributed by atoms with Crippen molar-refractivity contribution in [3.05, 3.63) is 35.9 Å². The summed E-state index contributed by atoms with van der Waals surface area (Å²) in [6.07, 6.45) is -1.19. The molecule has 1 rings (SSSR count). The molecule has 0 aliphatic carbocycles. The van der Waals surface area contributed by atoms with Crippen LogP contribution < -0.4 is 0 Å². The van der Waals surface area contributed by atoms with Crippen LogP contribution >= 0.6 is 0 Å². The topological polar surface area (TPSA) is 79.3 Å². The maximum atomic E-state index is 11.8. The average molecular weight is 352 g/mol. The van der Waals surface area contributed by atoms with Gasteiger partial charge in [0.1, 0.15) is 12.3 Å². The summed E-state index contributed by atoms with van der Waals surface area (Å²) < 4.78 is 11.1. The quantitative estimate of drug-likeness (QED) is 0.375. The number of benzene rings is 1. The van der Waals surface area contributed by atoms with Crippen molar-refractivity contribution in [2.75, 3.05) is 19.8 Å². The third-order valence-electron chi connectivity index (χ3n) is 3.83. The molecule has 0 bridgehead atoms. The molecule has 0 aliphatic heterocycles. The summed E-state index contributed by atoms with van der Waals surface area (Å²) in [5, 5.41) is 12.3. The van der Waals surface area contributed by atoms with Crippen LogP contribution in [0.2, 0.25) is 0 Å². The Morgan fingerprint density at radius 3 is 2.16 bits per heavy atom. The number of hydrogen-bond acceptors (Lipinski definition) is 5. The second kappa shape index (κ2) is 10.8. The fourth-order valence-corrected chi connectivity index (χ4v) is 2.59. The number of ether oxygens (including phenoxy) is 2. The van der Waals surface area contributed by atoms with Gasteiger partial charge in [-0.1, -0.05) is 30.3 Å². The molecule has 2 atom stereocenters. The molecule has 1 unspecified atom stereocenters. The van der Waals surface area contributed by atoms with E-state index in [1.54, 1.807) is 11.9 Å². The monoisotopic (exact) mass is 352 g/mol. The van der Waals surface area contributed by atoms with E-state index >= 15 is 0 Å². The van der Waals surface area contributed by atoms with Crippen molar-refractivity contribution in [2.45, 2.75) is 46.1 Å². The van der Waals surface area contributed by atoms with Crippen molar-refractivity contribution < 1.29 is 24.2 Å². The summed E-state index contributed by atoms with van der Waals surface area (Å²) in [5.74, 6) is 0. The molecule has 0 aliphatic rings. The van der Waals surface area contributed by atoms with E-state index in [4.69, 9.17) is 9.47 Å². The molecule has 0 fully saturated rings. The van der Waals surface area contributed by atoms with E-state index in [2.05, 4.69) is 0 Å². The highest BCUT2D eigenvalue weighted by Gasteiger charge is 2.32. The lowest BCUT2D eigenvalue weighted by Crippen LogP contribution is -2.55. The number of aldehydes is 1. The predicted molar refractivity (Wildman–Crippen MR) is 94.0 cm³/mol. The molecule has 1 amide bonds. The zero-order valence-electron chi connectivity index (χ0n) is 15.3. The van der Waals surface area contributed by atoms with Crippen molar-refractivity contribution in [3.63, 3.8) is 0 Å². The van der Waals surface area contributed by atoms with Gasteiger partial charge in [-0.25, -0.2) is 14.8 Å². The first-order valence-electron chi connectivity index (χ1n) is 8.48. The Kier molecular flexibility index (Phi) is 9.12. The minimum Gasteiger partial charge on any atom is -0.464 e. The van der Waals surface area contributed by atoms with E-state index in [-0.39, 0.29) is 12.6 Å². The molecule has 0 saturated carbocycles. The van der Waals surface area contributed by atoms with Gasteiger partial charge in [-0.05, 0) is 33.3 Å². The Hall–Kier alpha value is -1.96. The SMILES string of the molecule is CCOC(CN([C@H](C)c1ccccc1)N(C(=O)O)C(C)C=O)OCC. The van der Waals surface area contributed by atoms with Crippen LogP contribution in [0.1, 0.15) is 39.3 Å². The lowest BCUT2D eigenvalue weighted by Gasteiger charge is -2.40. The van der Waals surface area contributed by atoms with Gasteiger partial charge in [0.15, 0.2) is 6.29 Å². The predicted octanol–water partition coefficient (Wildman–Crippen LogP) is 2.93. The van der Waals surface area contributed by atoms with E-state index in [0.717, 1.165) is 10.6 Å². The van der Waals surface area contributed by atoms with Gasteiger partial charge in [0.25, 0.3) is 0 Å². The number of amides is 1. The Morgan fingerprint density at radius 1 is 1.16 bits per heavy atom. The molecule has 1 aromatic rings. The van der Waals surface area contributed by atoms with Gasteiger partial charge in [0.2, 0.25) is 0 Å². The van der Waals surface area contributed by atoms with Gasteiger partial charge < -0.3 is 19.4 Å². The fourth-order valence-electron chi connectivity index (χ4n) is 2.59. The molecule has 0 spiro atoms. The maximum absolute atomic E-state index is 11.8. The average Bonchev–Trinajstić information content (AvgIpc) is 2.61. The number of rotatable bonds is 11. The van der Waals surface area contributed by atoms with Crippen LogP contribution in [-0.2, 0) is 14.3 Å². The number of hydrazine groups is 1. The molecular formula is C18H28N2O5. The first kappa shape index (κ1) is 21.1. The first-order chi connectivity index (χ1) is 12.0. The summed E-state index contributed by atoms with van der Waals surface area (Å²) in [6, 6.07) is 8.39. The molecule has 25 heavy (non-hydrogen) atoms. The van der Waals surface area contributed by atoms with E-state index in [1.807, 2.05) is 51.1 Å². The van der Waals surface area contributed by atoms with E-state index in [9.17, 15) is 14.7 Å². The van der Waals surface area contributed by atoms with Crippen LogP contribution in [0.15, 0.2) is 30.3 Å². The van der Waals surface area contributed by atoms with Crippen molar-refractivity contribution in [3.8, 4) is 0 Å². The Bertz CT molecular complexity index is 519. The van der Waals surface area contributed by atoms with E-state index in [1.165, 1.54) is 0 Å². The van der Waals surface area contributed by atoms with Crippen LogP contribution in [0.25, 0.3) is 0 Å². The molecule has 1 N–H and O–H groups in total. The maximum Gasteiger partial charge on any atom is 0.422 e. The van der Waals surface area contributed by atoms with Gasteiger partial charge >= 0.3 is 6.09 Å². The van der Waals surface area contributed by atoms with Crippen molar-refractivity contribution >= 4 is 12.4 Å². The molecule has 7 nitrogen and oxygen atoms in total. The van der Waals surface area contributed by atoms with Crippen LogP contribution in [0.3, 0.4) is 0 Å². The number of carboxylic acid groups (broad SMARTS) is 1. The molecule has 0 saturated heterocycles. The number of hydrogen-bond donors (Lipinski definition) is 1. The van der Waals surface area contributed by atoms with E-state index in [0.29, 0.717) is 19.5 Å². The molecule has 140 valence electrons. The summed E-state index contributed by atoms with van der Waals surface area (Å²) in [4.78, 5) is 23.1. The van der Waals surface area contributed by atoms with Gasteiger partial charge in [0, 0.05) is 13.2 Å². The molecule has 0 aromatic heterocycles. The first-order valence-corrected chi connectivity index (χ1v) is 8.48. The van der Waals surface area contributed by atoms with Crippen molar-refractivity contribution in [1.82, 2.24) is 10.0 Å². The lowest BCUT2D eigenvalue weighted by atomic mass is 10.1. The molecule has 0 radical (unpaired) electrons. The third kappa shape index (κ3) is 6.12. The summed E-state index contributed by atoms with van der Waals surface area (Å²) in [5.41, 5.74) is 0.929. The second-order valence-corrected chi connectivity index (χ2v) is 5.55. The fraction of sp³-hybridized carbons (Fsp3) is 0.556. The van der Waals surface area contributed by atoms with Crippen LogP contribution in [0, 0.1) is 0 Å². The standard InChI is InChI=1S/C18H28N2O5/c1-5-24-17(25-6-2)12-19(20(18(22)23)14(3)13-21)15(4)16-10-8-7-9-11-16/h7-11,13-15,17H,5-6,12H2,1-4H3,(H,22,23)/t14?,15-/m1/s1. The lowest BCUT2D eigenvalue weighted by molar-refractivity contribution is -0.181. The van der Waals surface area contributed by atoms with Crippen LogP contribution in [-0.4, -0.2) is 59.6 Å². The minimum absolute atomic E-state index is 0.183. The van der Waals surface area contributed by atoms with Crippen LogP contribution in [0.5, 0.6) is 0 Å². The zero-order chi connectivity index (χ0) is 18.8. The number of nitrogens with zero attached hydrogens (tertiary/aromatic N) is 2. The highest BCUT2D eigenvalue weighted by Crippen LogP contribution is 2.24. The highest BCUT2D eigenvalue weighted by molar-refractivity contribution is 5.70. The second-order valence-electron chi connectivity index (χ2n) is 5.55. The van der Waals surface area contributed by atoms with Gasteiger partial charge in [0.05, 0.1) is 12.6 Å². The summed E-state index contributed by atoms with van der Waals surface area (Å²) >= 11 is 0. The molecular weight excluding hydrogens is 324 g/mol. The zero-order valence-corrected chi connectivity index (χ0v) is 15.3. The van der Waals surface area contributed by atoms with Gasteiger partial charge in [-0.2, -0.15) is 0 Å². The van der Waals surface area contributed by atoms with Gasteiger partial charge in [-0.3, -0.25) is 0 Å². The molecule has 1 aromatic carbocycles. The van der Waals surface area contributed by atoms with Crippen molar-refractivity contribution in [2.24, 2.45) is 0 Å². The van der Waals surface area contributed by atoms with Crippen molar-refractivity contribution in [1.29, 1.82) is 0 Å². The number of carbonyl (C=O) groups excluding carboxylic acids is 1. The minimum atomic E-state index is -1.20. The molecule has 7 heteroatoms. The largest absolute Gasteiger partial charge is 0.464 e. The number of carbonyl (C=O) groups is 2. The Balaban J connectivity index is 3.18. The Labute approximate surface area is 149 Å². The van der Waals surface area contributed by atoms with Gasteiger partial charge in [-0.15, -0.1) is 0 Å². The highest BCUT2D eigenvalue weighted by atomic mass is 16.7. The summed E-state index contributed by atoms with van der Waals surface area (Å²) in [6.45, 7) is 8.19. The third-order valence-corrected chi connectivity index (χ3v) is 3.83. The molecule has 0 heterocycles.